The highest BCUT2D eigenvalue weighted by Gasteiger charge is 2.26. The predicted molar refractivity (Wildman–Crippen MR) is 85.7 cm³/mol. The lowest BCUT2D eigenvalue weighted by Gasteiger charge is -2.17. The number of carbonyl (C=O) groups is 2. The molecule has 0 radical (unpaired) electrons. The Hall–Kier alpha value is -1.27. The van der Waals surface area contributed by atoms with E-state index in [0.717, 1.165) is 30.1 Å². The largest absolute Gasteiger partial charge is 0.372 e. The van der Waals surface area contributed by atoms with Gasteiger partial charge in [-0.3, -0.25) is 14.5 Å². The number of hydrogen-bond donors (Lipinski definition) is 2. The summed E-state index contributed by atoms with van der Waals surface area (Å²) in [7, 11) is 0. The highest BCUT2D eigenvalue weighted by Crippen LogP contribution is 2.37. The van der Waals surface area contributed by atoms with Crippen LogP contribution in [0.1, 0.15) is 26.7 Å². The maximum Gasteiger partial charge on any atom is 0.234 e. The standard InChI is InChI=1S/C15H23N3O2S/c1-3-18(4-2)10-14(20)16-8-7-15-17-12-6-5-11(19)9-13(12)21-15/h6,9,15,17H,3-5,7-8,10H2,1-2H3,(H,16,20). The molecular formula is C15H23N3O2S. The van der Waals surface area contributed by atoms with E-state index < -0.39 is 0 Å². The zero-order chi connectivity index (χ0) is 15.2. The topological polar surface area (TPSA) is 61.4 Å². The third-order valence-electron chi connectivity index (χ3n) is 3.64. The average Bonchev–Trinajstić information content (AvgIpc) is 2.86. The first kappa shape index (κ1) is 16.1. The van der Waals surface area contributed by atoms with E-state index in [-0.39, 0.29) is 17.1 Å². The van der Waals surface area contributed by atoms with E-state index >= 15 is 0 Å². The molecule has 1 unspecified atom stereocenters. The van der Waals surface area contributed by atoms with E-state index in [9.17, 15) is 9.59 Å². The summed E-state index contributed by atoms with van der Waals surface area (Å²) in [5.74, 6) is 0.240. The zero-order valence-electron chi connectivity index (χ0n) is 12.6. The van der Waals surface area contributed by atoms with Gasteiger partial charge in [0.2, 0.25) is 5.91 Å². The van der Waals surface area contributed by atoms with Crippen LogP contribution in [0, 0.1) is 0 Å². The van der Waals surface area contributed by atoms with E-state index in [1.165, 1.54) is 0 Å². The summed E-state index contributed by atoms with van der Waals surface area (Å²) in [6.45, 7) is 7.00. The number of nitrogens with one attached hydrogen (secondary N) is 2. The van der Waals surface area contributed by atoms with E-state index in [2.05, 4.69) is 29.4 Å². The van der Waals surface area contributed by atoms with E-state index in [1.54, 1.807) is 17.8 Å². The molecule has 1 aliphatic carbocycles. The van der Waals surface area contributed by atoms with Crippen molar-refractivity contribution in [1.82, 2.24) is 15.5 Å². The van der Waals surface area contributed by atoms with Crippen molar-refractivity contribution in [3.63, 3.8) is 0 Å². The van der Waals surface area contributed by atoms with Gasteiger partial charge in [-0.15, -0.1) is 0 Å². The first-order chi connectivity index (χ1) is 10.1. The molecule has 0 spiro atoms. The Kier molecular flexibility index (Phi) is 5.87. The van der Waals surface area contributed by atoms with E-state index in [0.29, 0.717) is 19.5 Å². The third kappa shape index (κ3) is 4.61. The first-order valence-corrected chi connectivity index (χ1v) is 8.37. The van der Waals surface area contributed by atoms with Crippen LogP contribution >= 0.6 is 11.8 Å². The fourth-order valence-electron chi connectivity index (χ4n) is 2.35. The molecule has 0 aromatic carbocycles. The highest BCUT2D eigenvalue weighted by atomic mass is 32.2. The minimum atomic E-state index is 0.0766. The van der Waals surface area contributed by atoms with Gasteiger partial charge in [-0.1, -0.05) is 31.7 Å². The number of ketones is 1. The fourth-order valence-corrected chi connectivity index (χ4v) is 3.55. The molecular weight excluding hydrogens is 286 g/mol. The summed E-state index contributed by atoms with van der Waals surface area (Å²) in [5, 5.41) is 6.59. The number of allylic oxidation sites excluding steroid dienone is 2. The number of thioether (sulfide) groups is 1. The minimum Gasteiger partial charge on any atom is -0.372 e. The summed E-state index contributed by atoms with van der Waals surface area (Å²) in [5.41, 5.74) is 1.07. The quantitative estimate of drug-likeness (QED) is 0.741. The van der Waals surface area contributed by atoms with Crippen molar-refractivity contribution >= 4 is 23.5 Å². The molecule has 0 aromatic heterocycles. The SMILES string of the molecule is CCN(CC)CC(=O)NCCC1NC2=CCC(=O)C=C2S1. The van der Waals surface area contributed by atoms with Crippen LogP contribution in [0.4, 0.5) is 0 Å². The second-order valence-corrected chi connectivity index (χ2v) is 6.39. The molecule has 0 aromatic rings. The van der Waals surface area contributed by atoms with Gasteiger partial charge in [-0.05, 0) is 25.6 Å². The molecule has 116 valence electrons. The van der Waals surface area contributed by atoms with Crippen molar-refractivity contribution in [3.8, 4) is 0 Å². The Morgan fingerprint density at radius 1 is 1.48 bits per heavy atom. The van der Waals surface area contributed by atoms with Crippen molar-refractivity contribution in [3.05, 3.63) is 22.8 Å². The second kappa shape index (κ2) is 7.66. The summed E-state index contributed by atoms with van der Waals surface area (Å²) in [4.78, 5) is 26.3. The monoisotopic (exact) mass is 309 g/mol. The van der Waals surface area contributed by atoms with Crippen LogP contribution in [0.3, 0.4) is 0 Å². The van der Waals surface area contributed by atoms with Crippen molar-refractivity contribution in [1.29, 1.82) is 0 Å². The van der Waals surface area contributed by atoms with E-state index in [1.807, 2.05) is 6.08 Å². The number of carbonyl (C=O) groups excluding carboxylic acids is 2. The van der Waals surface area contributed by atoms with Crippen LogP contribution in [0.25, 0.3) is 0 Å². The van der Waals surface area contributed by atoms with Gasteiger partial charge in [-0.25, -0.2) is 0 Å². The maximum absolute atomic E-state index is 11.8. The molecule has 1 saturated heterocycles. The van der Waals surface area contributed by atoms with Gasteiger partial charge >= 0.3 is 0 Å². The second-order valence-electron chi connectivity index (χ2n) is 5.15. The molecule has 0 bridgehead atoms. The van der Waals surface area contributed by atoms with Gasteiger partial charge < -0.3 is 10.6 Å². The van der Waals surface area contributed by atoms with Crippen LogP contribution in [-0.2, 0) is 9.59 Å². The van der Waals surface area contributed by atoms with Gasteiger partial charge in [0.1, 0.15) is 0 Å². The molecule has 1 aliphatic heterocycles. The van der Waals surface area contributed by atoms with Crippen molar-refractivity contribution in [2.24, 2.45) is 0 Å². The van der Waals surface area contributed by atoms with Gasteiger partial charge in [0, 0.05) is 23.6 Å². The summed E-state index contributed by atoms with van der Waals surface area (Å²) in [6, 6.07) is 0. The number of amides is 1. The van der Waals surface area contributed by atoms with Crippen LogP contribution in [0.5, 0.6) is 0 Å². The Bertz CT molecular complexity index is 470. The number of likely N-dealkylation sites (N-methyl/N-ethyl adjacent to an activating group) is 1. The Balaban J connectivity index is 1.69. The lowest BCUT2D eigenvalue weighted by Crippen LogP contribution is -2.38. The first-order valence-electron chi connectivity index (χ1n) is 7.49. The van der Waals surface area contributed by atoms with Crippen LogP contribution in [0.2, 0.25) is 0 Å². The zero-order valence-corrected chi connectivity index (χ0v) is 13.5. The molecule has 1 amide bonds. The third-order valence-corrected chi connectivity index (χ3v) is 4.87. The van der Waals surface area contributed by atoms with Gasteiger partial charge in [0.15, 0.2) is 5.78 Å². The van der Waals surface area contributed by atoms with Crippen LogP contribution in [-0.4, -0.2) is 48.1 Å². The van der Waals surface area contributed by atoms with Crippen molar-refractivity contribution < 1.29 is 9.59 Å². The van der Waals surface area contributed by atoms with Crippen LogP contribution in [0.15, 0.2) is 22.8 Å². The Morgan fingerprint density at radius 2 is 2.24 bits per heavy atom. The average molecular weight is 309 g/mol. The molecule has 0 saturated carbocycles. The van der Waals surface area contributed by atoms with Gasteiger partial charge in [0.05, 0.1) is 11.9 Å². The summed E-state index contributed by atoms with van der Waals surface area (Å²) < 4.78 is 0. The number of fused-ring (bicyclic) bond motifs is 1. The normalized spacial score (nSPS) is 20.7. The van der Waals surface area contributed by atoms with Gasteiger partial charge in [-0.2, -0.15) is 0 Å². The molecule has 6 heteroatoms. The molecule has 1 atom stereocenters. The molecule has 21 heavy (non-hydrogen) atoms. The number of rotatable bonds is 7. The molecule has 2 rings (SSSR count). The Morgan fingerprint density at radius 3 is 2.95 bits per heavy atom. The maximum atomic E-state index is 11.8. The lowest BCUT2D eigenvalue weighted by atomic mass is 10.1. The highest BCUT2D eigenvalue weighted by molar-refractivity contribution is 8.04. The summed E-state index contributed by atoms with van der Waals surface area (Å²) in [6.07, 6.45) is 4.99. The summed E-state index contributed by atoms with van der Waals surface area (Å²) >= 11 is 1.67. The predicted octanol–water partition coefficient (Wildman–Crippen LogP) is 1.24. The number of nitrogens with zero attached hydrogens (tertiary/aromatic N) is 1. The smallest absolute Gasteiger partial charge is 0.234 e. The van der Waals surface area contributed by atoms with Crippen LogP contribution < -0.4 is 10.6 Å². The molecule has 5 nitrogen and oxygen atoms in total. The molecule has 1 heterocycles. The Labute approximate surface area is 130 Å². The molecule has 2 aliphatic rings. The van der Waals surface area contributed by atoms with Gasteiger partial charge in [0.25, 0.3) is 0 Å². The lowest BCUT2D eigenvalue weighted by molar-refractivity contribution is -0.122. The van der Waals surface area contributed by atoms with Crippen molar-refractivity contribution in [2.75, 3.05) is 26.2 Å². The molecule has 1 fully saturated rings. The van der Waals surface area contributed by atoms with Crippen molar-refractivity contribution in [2.45, 2.75) is 32.1 Å². The fraction of sp³-hybridized carbons (Fsp3) is 0.600. The van der Waals surface area contributed by atoms with E-state index in [4.69, 9.17) is 0 Å². The molecule has 2 N–H and O–H groups in total. The minimum absolute atomic E-state index is 0.0766. The number of hydrogen-bond acceptors (Lipinski definition) is 5.